The number of rotatable bonds is 7. The van der Waals surface area contributed by atoms with E-state index < -0.39 is 0 Å². The highest BCUT2D eigenvalue weighted by Crippen LogP contribution is 2.48. The fraction of sp³-hybridized carbons (Fsp3) is 0.571. The van der Waals surface area contributed by atoms with Gasteiger partial charge >= 0.3 is 0 Å². The molecule has 2 aliphatic carbocycles. The maximum Gasteiger partial charge on any atom is 0.131 e. The van der Waals surface area contributed by atoms with Crippen LogP contribution >= 0.6 is 0 Å². The molecule has 162 valence electrons. The van der Waals surface area contributed by atoms with E-state index in [4.69, 9.17) is 0 Å². The van der Waals surface area contributed by atoms with E-state index in [2.05, 4.69) is 13.0 Å². The smallest absolute Gasteiger partial charge is 0.131 e. The molecule has 2 aliphatic rings. The van der Waals surface area contributed by atoms with Gasteiger partial charge in [0.15, 0.2) is 0 Å². The Labute approximate surface area is 181 Å². The van der Waals surface area contributed by atoms with Crippen molar-refractivity contribution in [1.29, 1.82) is 0 Å². The number of halogens is 2. The van der Waals surface area contributed by atoms with Crippen LogP contribution in [0.25, 0.3) is 11.1 Å². The van der Waals surface area contributed by atoms with Crippen molar-refractivity contribution in [3.63, 3.8) is 0 Å². The zero-order valence-electron chi connectivity index (χ0n) is 18.4. The Morgan fingerprint density at radius 1 is 0.800 bits per heavy atom. The van der Waals surface area contributed by atoms with Crippen LogP contribution in [0.5, 0.6) is 0 Å². The second-order valence-corrected chi connectivity index (χ2v) is 9.80. The van der Waals surface area contributed by atoms with Crippen LogP contribution < -0.4 is 0 Å². The lowest BCUT2D eigenvalue weighted by Crippen LogP contribution is -2.30. The van der Waals surface area contributed by atoms with E-state index in [1.807, 2.05) is 6.07 Å². The number of hydrogen-bond donors (Lipinski definition) is 0. The predicted molar refractivity (Wildman–Crippen MR) is 121 cm³/mol. The normalized spacial score (nSPS) is 26.4. The Morgan fingerprint density at radius 2 is 1.57 bits per heavy atom. The number of hydrogen-bond acceptors (Lipinski definition) is 0. The molecule has 0 heterocycles. The van der Waals surface area contributed by atoms with Crippen molar-refractivity contribution in [1.82, 2.24) is 0 Å². The van der Waals surface area contributed by atoms with E-state index >= 15 is 0 Å². The number of unbranched alkanes of at least 4 members (excludes halogenated alkanes) is 3. The molecule has 0 amide bonds. The first-order valence-corrected chi connectivity index (χ1v) is 12.2. The van der Waals surface area contributed by atoms with E-state index in [1.165, 1.54) is 82.8 Å². The standard InChI is InChI=1S/C28H36F2/c1-2-3-4-5-6-20-7-8-23-18-24(10-9-22(23)17-20)25-13-16-27(28(30)19-25)21-11-14-26(29)15-12-21/h11-16,19-20,22-24H,2-10,17-18H2,1H3/t20?,22-,23-,24-/m1/s1. The maximum absolute atomic E-state index is 14.9. The Morgan fingerprint density at radius 3 is 2.33 bits per heavy atom. The van der Waals surface area contributed by atoms with Gasteiger partial charge in [-0.2, -0.15) is 0 Å². The molecule has 0 radical (unpaired) electrons. The highest BCUT2D eigenvalue weighted by molar-refractivity contribution is 5.64. The second kappa shape index (κ2) is 10.1. The first kappa shape index (κ1) is 21.5. The van der Waals surface area contributed by atoms with E-state index in [0.29, 0.717) is 11.5 Å². The van der Waals surface area contributed by atoms with Gasteiger partial charge in [-0.25, -0.2) is 8.78 Å². The van der Waals surface area contributed by atoms with E-state index in [1.54, 1.807) is 18.2 Å². The molecular weight excluding hydrogens is 374 g/mol. The maximum atomic E-state index is 14.9. The van der Waals surface area contributed by atoms with E-state index in [-0.39, 0.29) is 11.6 Å². The third-order valence-electron chi connectivity index (χ3n) is 7.81. The second-order valence-electron chi connectivity index (χ2n) is 9.80. The lowest BCUT2D eigenvalue weighted by molar-refractivity contribution is 0.113. The van der Waals surface area contributed by atoms with Crippen LogP contribution in [0.1, 0.15) is 89.0 Å². The molecule has 30 heavy (non-hydrogen) atoms. The summed E-state index contributed by atoms with van der Waals surface area (Å²) in [5, 5.41) is 0. The molecule has 2 fully saturated rings. The van der Waals surface area contributed by atoms with Crippen molar-refractivity contribution < 1.29 is 8.78 Å². The van der Waals surface area contributed by atoms with Crippen molar-refractivity contribution >= 4 is 0 Å². The largest absolute Gasteiger partial charge is 0.207 e. The molecule has 0 aliphatic heterocycles. The van der Waals surface area contributed by atoms with Crippen LogP contribution in [0.2, 0.25) is 0 Å². The quantitative estimate of drug-likeness (QED) is 0.400. The molecule has 2 heteroatoms. The zero-order valence-corrected chi connectivity index (χ0v) is 18.4. The average molecular weight is 411 g/mol. The van der Waals surface area contributed by atoms with Crippen molar-refractivity contribution in [2.24, 2.45) is 17.8 Å². The van der Waals surface area contributed by atoms with Gasteiger partial charge in [0.2, 0.25) is 0 Å². The highest BCUT2D eigenvalue weighted by atomic mass is 19.1. The summed E-state index contributed by atoms with van der Waals surface area (Å²) in [5.41, 5.74) is 2.45. The van der Waals surface area contributed by atoms with Crippen molar-refractivity contribution in [2.75, 3.05) is 0 Å². The molecular formula is C28H36F2. The summed E-state index contributed by atoms with van der Waals surface area (Å²) in [6.45, 7) is 2.28. The minimum absolute atomic E-state index is 0.183. The van der Waals surface area contributed by atoms with Crippen LogP contribution in [0.15, 0.2) is 42.5 Å². The monoisotopic (exact) mass is 410 g/mol. The van der Waals surface area contributed by atoms with Crippen LogP contribution in [-0.2, 0) is 0 Å². The molecule has 1 unspecified atom stereocenters. The summed E-state index contributed by atoms with van der Waals surface area (Å²) < 4.78 is 28.0. The van der Waals surface area contributed by atoms with Crippen molar-refractivity contribution in [3.05, 3.63) is 59.7 Å². The molecule has 2 aromatic carbocycles. The lowest BCUT2D eigenvalue weighted by Gasteiger charge is -2.42. The van der Waals surface area contributed by atoms with E-state index in [9.17, 15) is 8.78 Å². The van der Waals surface area contributed by atoms with Gasteiger partial charge in [0, 0.05) is 5.56 Å². The molecule has 0 spiro atoms. The van der Waals surface area contributed by atoms with Crippen LogP contribution in [0, 0.1) is 29.4 Å². The Hall–Kier alpha value is -1.70. The van der Waals surface area contributed by atoms with E-state index in [0.717, 1.165) is 28.9 Å². The number of benzene rings is 2. The first-order valence-electron chi connectivity index (χ1n) is 12.2. The third kappa shape index (κ3) is 5.13. The van der Waals surface area contributed by atoms with Gasteiger partial charge in [-0.05, 0) is 85.1 Å². The van der Waals surface area contributed by atoms with Gasteiger partial charge in [-0.15, -0.1) is 0 Å². The Kier molecular flexibility index (Phi) is 7.23. The third-order valence-corrected chi connectivity index (χ3v) is 7.81. The summed E-state index contributed by atoms with van der Waals surface area (Å²) in [4.78, 5) is 0. The summed E-state index contributed by atoms with van der Waals surface area (Å²) in [6.07, 6.45) is 14.9. The van der Waals surface area contributed by atoms with Crippen LogP contribution in [0.4, 0.5) is 8.78 Å². The molecule has 0 saturated heterocycles. The summed E-state index contributed by atoms with van der Waals surface area (Å²) >= 11 is 0. The van der Waals surface area contributed by atoms with Gasteiger partial charge in [-0.3, -0.25) is 0 Å². The van der Waals surface area contributed by atoms with Crippen molar-refractivity contribution in [2.45, 2.75) is 83.5 Å². The average Bonchev–Trinajstić information content (AvgIpc) is 2.77. The molecule has 2 aromatic rings. The molecule has 0 bridgehead atoms. The van der Waals surface area contributed by atoms with Gasteiger partial charge in [0.1, 0.15) is 11.6 Å². The Balaban J connectivity index is 1.35. The molecule has 0 aromatic heterocycles. The lowest BCUT2D eigenvalue weighted by atomic mass is 9.63. The summed E-state index contributed by atoms with van der Waals surface area (Å²) in [5.74, 6) is 2.70. The zero-order chi connectivity index (χ0) is 20.9. The minimum Gasteiger partial charge on any atom is -0.207 e. The summed E-state index contributed by atoms with van der Waals surface area (Å²) in [6, 6.07) is 11.8. The van der Waals surface area contributed by atoms with Gasteiger partial charge < -0.3 is 0 Å². The van der Waals surface area contributed by atoms with Crippen molar-refractivity contribution in [3.8, 4) is 11.1 Å². The van der Waals surface area contributed by atoms with Crippen LogP contribution in [-0.4, -0.2) is 0 Å². The topological polar surface area (TPSA) is 0 Å². The first-order chi connectivity index (χ1) is 14.6. The highest BCUT2D eigenvalue weighted by Gasteiger charge is 2.35. The molecule has 0 nitrogen and oxygen atoms in total. The summed E-state index contributed by atoms with van der Waals surface area (Å²) in [7, 11) is 0. The van der Waals surface area contributed by atoms with Gasteiger partial charge in [0.05, 0.1) is 0 Å². The van der Waals surface area contributed by atoms with Gasteiger partial charge in [-0.1, -0.05) is 69.7 Å². The Bertz CT molecular complexity index is 810. The van der Waals surface area contributed by atoms with Crippen LogP contribution in [0.3, 0.4) is 0 Å². The fourth-order valence-corrected chi connectivity index (χ4v) is 6.06. The molecule has 0 N–H and O–H groups in total. The number of fused-ring (bicyclic) bond motifs is 1. The predicted octanol–water partition coefficient (Wildman–Crippen LogP) is 8.90. The molecule has 4 rings (SSSR count). The minimum atomic E-state index is -0.289. The van der Waals surface area contributed by atoms with Gasteiger partial charge in [0.25, 0.3) is 0 Å². The molecule has 2 saturated carbocycles. The fourth-order valence-electron chi connectivity index (χ4n) is 6.06. The SMILES string of the molecule is CCCCCCC1CC[C@@H]2C[C@H](c3ccc(-c4ccc(F)cc4)c(F)c3)CC[C@@H]2C1. The molecule has 4 atom stereocenters.